The zero-order valence-electron chi connectivity index (χ0n) is 12.8. The number of H-pyrrole nitrogens is 1. The molecule has 2 N–H and O–H groups in total. The zero-order chi connectivity index (χ0) is 17.8. The van der Waals surface area contributed by atoms with Crippen LogP contribution in [0, 0.1) is 0 Å². The minimum Gasteiger partial charge on any atom is -0.319 e. The van der Waals surface area contributed by atoms with Gasteiger partial charge in [0.05, 0.1) is 28.7 Å². The molecular formula is C17H12Cl2N4O2. The summed E-state index contributed by atoms with van der Waals surface area (Å²) < 4.78 is 0. The van der Waals surface area contributed by atoms with E-state index in [0.29, 0.717) is 26.6 Å². The van der Waals surface area contributed by atoms with Gasteiger partial charge in [0.1, 0.15) is 5.69 Å². The van der Waals surface area contributed by atoms with Gasteiger partial charge >= 0.3 is 0 Å². The lowest BCUT2D eigenvalue weighted by molar-refractivity contribution is -0.120. The summed E-state index contributed by atoms with van der Waals surface area (Å²) in [6, 6.07) is 12.0. The van der Waals surface area contributed by atoms with Crippen molar-refractivity contribution in [1.82, 2.24) is 15.4 Å². The topological polar surface area (TPSA) is 87.2 Å². The molecule has 0 saturated heterocycles. The largest absolute Gasteiger partial charge is 0.319 e. The van der Waals surface area contributed by atoms with Crippen molar-refractivity contribution >= 4 is 46.4 Å². The van der Waals surface area contributed by atoms with Gasteiger partial charge in [0, 0.05) is 10.6 Å². The highest BCUT2D eigenvalue weighted by molar-refractivity contribution is 6.36. The molecule has 8 heteroatoms. The lowest BCUT2D eigenvalue weighted by Gasteiger charge is -2.02. The number of aromatic nitrogens is 2. The fourth-order valence-electron chi connectivity index (χ4n) is 2.16. The van der Waals surface area contributed by atoms with E-state index in [1.807, 2.05) is 0 Å². The molecule has 0 spiro atoms. The van der Waals surface area contributed by atoms with Crippen LogP contribution in [0.3, 0.4) is 0 Å². The third kappa shape index (κ3) is 4.23. The molecule has 0 atom stereocenters. The molecule has 126 valence electrons. The normalized spacial score (nSPS) is 11.1. The van der Waals surface area contributed by atoms with Gasteiger partial charge in [0.2, 0.25) is 5.91 Å². The summed E-state index contributed by atoms with van der Waals surface area (Å²) in [6.07, 6.45) is 1.21. The molecule has 0 aliphatic heterocycles. The number of aromatic amines is 1. The standard InChI is InChI=1S/C17H12Cl2N4O2/c18-11-6-5-10(12(19)7-11)9-20-23-16(24)8-15-17(25)22-14-4-2-1-3-13(14)21-15/h1-7,9H,8H2,(H,22,25)(H,23,24)/b20-9-. The lowest BCUT2D eigenvalue weighted by atomic mass is 10.2. The Labute approximate surface area is 152 Å². The lowest BCUT2D eigenvalue weighted by Crippen LogP contribution is -2.25. The number of hydrogen-bond acceptors (Lipinski definition) is 4. The number of benzene rings is 2. The first kappa shape index (κ1) is 17.1. The van der Waals surface area contributed by atoms with Crippen molar-refractivity contribution in [2.24, 2.45) is 5.10 Å². The highest BCUT2D eigenvalue weighted by Crippen LogP contribution is 2.19. The Morgan fingerprint density at radius 1 is 1.24 bits per heavy atom. The molecule has 1 amide bonds. The molecule has 0 bridgehead atoms. The number of nitrogens with one attached hydrogen (secondary N) is 2. The summed E-state index contributed by atoms with van der Waals surface area (Å²) in [5, 5.41) is 4.75. The SMILES string of the molecule is O=C(Cc1nc2ccccc2[nH]c1=O)N/N=C\c1ccc(Cl)cc1Cl. The summed E-state index contributed by atoms with van der Waals surface area (Å²) >= 11 is 11.8. The van der Waals surface area contributed by atoms with Gasteiger partial charge in [-0.05, 0) is 24.3 Å². The van der Waals surface area contributed by atoms with Crippen molar-refractivity contribution in [2.75, 3.05) is 0 Å². The van der Waals surface area contributed by atoms with Crippen LogP contribution in [0.2, 0.25) is 10.0 Å². The van der Waals surface area contributed by atoms with Crippen molar-refractivity contribution in [3.8, 4) is 0 Å². The molecule has 0 aliphatic rings. The van der Waals surface area contributed by atoms with Gasteiger partial charge < -0.3 is 4.98 Å². The third-order valence-corrected chi connectivity index (χ3v) is 3.92. The summed E-state index contributed by atoms with van der Waals surface area (Å²) in [5.41, 5.74) is 3.89. The van der Waals surface area contributed by atoms with Crippen LogP contribution < -0.4 is 11.0 Å². The first-order valence-corrected chi connectivity index (χ1v) is 8.03. The average molecular weight is 375 g/mol. The van der Waals surface area contributed by atoms with Crippen molar-refractivity contribution < 1.29 is 4.79 Å². The summed E-state index contributed by atoms with van der Waals surface area (Å²) in [5.74, 6) is -0.463. The maximum absolute atomic E-state index is 12.0. The summed E-state index contributed by atoms with van der Waals surface area (Å²) in [7, 11) is 0. The average Bonchev–Trinajstić information content (AvgIpc) is 2.57. The van der Waals surface area contributed by atoms with Crippen molar-refractivity contribution in [2.45, 2.75) is 6.42 Å². The van der Waals surface area contributed by atoms with Crippen molar-refractivity contribution in [1.29, 1.82) is 0 Å². The van der Waals surface area contributed by atoms with Gasteiger partial charge in [-0.3, -0.25) is 9.59 Å². The highest BCUT2D eigenvalue weighted by Gasteiger charge is 2.09. The number of carbonyl (C=O) groups excluding carboxylic acids is 1. The van der Waals surface area contributed by atoms with Crippen LogP contribution in [-0.4, -0.2) is 22.1 Å². The van der Waals surface area contributed by atoms with Gasteiger partial charge in [-0.1, -0.05) is 41.4 Å². The number of carbonyl (C=O) groups is 1. The van der Waals surface area contributed by atoms with E-state index >= 15 is 0 Å². The molecule has 2 aromatic carbocycles. The molecule has 3 aromatic rings. The first-order valence-electron chi connectivity index (χ1n) is 7.28. The van der Waals surface area contributed by atoms with E-state index in [1.54, 1.807) is 42.5 Å². The third-order valence-electron chi connectivity index (χ3n) is 3.35. The zero-order valence-corrected chi connectivity index (χ0v) is 14.3. The minimum absolute atomic E-state index is 0.121. The molecule has 0 aliphatic carbocycles. The predicted octanol–water partition coefficient (Wildman–Crippen LogP) is 2.92. The Balaban J connectivity index is 1.69. The highest BCUT2D eigenvalue weighted by atomic mass is 35.5. The second-order valence-electron chi connectivity index (χ2n) is 5.17. The molecule has 1 aromatic heterocycles. The van der Waals surface area contributed by atoms with E-state index in [-0.39, 0.29) is 12.1 Å². The summed E-state index contributed by atoms with van der Waals surface area (Å²) in [6.45, 7) is 0. The fraction of sp³-hybridized carbons (Fsp3) is 0.0588. The van der Waals surface area contributed by atoms with Gasteiger partial charge in [0.25, 0.3) is 5.56 Å². The molecule has 6 nitrogen and oxygen atoms in total. The molecule has 0 saturated carbocycles. The van der Waals surface area contributed by atoms with E-state index in [2.05, 4.69) is 20.5 Å². The van der Waals surface area contributed by atoms with Crippen LogP contribution in [0.1, 0.15) is 11.3 Å². The molecular weight excluding hydrogens is 363 g/mol. The number of para-hydroxylation sites is 2. The molecule has 0 fully saturated rings. The fourth-order valence-corrected chi connectivity index (χ4v) is 2.62. The van der Waals surface area contributed by atoms with E-state index in [9.17, 15) is 9.59 Å². The van der Waals surface area contributed by atoms with Crippen LogP contribution in [-0.2, 0) is 11.2 Å². The van der Waals surface area contributed by atoms with Crippen LogP contribution in [0.15, 0.2) is 52.4 Å². The molecule has 0 unspecified atom stereocenters. The Morgan fingerprint density at radius 2 is 2.04 bits per heavy atom. The second-order valence-corrected chi connectivity index (χ2v) is 6.01. The van der Waals surface area contributed by atoms with E-state index in [0.717, 1.165) is 0 Å². The monoisotopic (exact) mass is 374 g/mol. The quantitative estimate of drug-likeness (QED) is 0.543. The Hall–Kier alpha value is -2.70. The van der Waals surface area contributed by atoms with Gasteiger partial charge in [-0.15, -0.1) is 0 Å². The number of hydrogen-bond donors (Lipinski definition) is 2. The van der Waals surface area contributed by atoms with Gasteiger partial charge in [-0.25, -0.2) is 10.4 Å². The molecule has 0 radical (unpaired) electrons. The Morgan fingerprint density at radius 3 is 2.84 bits per heavy atom. The van der Waals surface area contributed by atoms with Crippen molar-refractivity contribution in [3.05, 3.63) is 74.1 Å². The number of amides is 1. The summed E-state index contributed by atoms with van der Waals surface area (Å²) in [4.78, 5) is 30.8. The van der Waals surface area contributed by atoms with Gasteiger partial charge in [0.15, 0.2) is 0 Å². The number of rotatable bonds is 4. The van der Waals surface area contributed by atoms with E-state index in [1.165, 1.54) is 6.21 Å². The molecule has 25 heavy (non-hydrogen) atoms. The maximum Gasteiger partial charge on any atom is 0.270 e. The molecule has 3 rings (SSSR count). The number of fused-ring (bicyclic) bond motifs is 1. The van der Waals surface area contributed by atoms with E-state index < -0.39 is 11.5 Å². The van der Waals surface area contributed by atoms with Crippen LogP contribution in [0.5, 0.6) is 0 Å². The minimum atomic E-state index is -0.463. The Kier molecular flexibility index (Phi) is 5.11. The maximum atomic E-state index is 12.0. The van der Waals surface area contributed by atoms with Crippen LogP contribution in [0.4, 0.5) is 0 Å². The van der Waals surface area contributed by atoms with E-state index in [4.69, 9.17) is 23.2 Å². The predicted molar refractivity (Wildman–Crippen MR) is 98.3 cm³/mol. The second kappa shape index (κ2) is 7.46. The molecule has 1 heterocycles. The number of hydrazone groups is 1. The van der Waals surface area contributed by atoms with Gasteiger partial charge in [-0.2, -0.15) is 5.10 Å². The smallest absolute Gasteiger partial charge is 0.270 e. The first-order chi connectivity index (χ1) is 12.0. The van der Waals surface area contributed by atoms with Crippen LogP contribution in [0.25, 0.3) is 11.0 Å². The number of halogens is 2. The number of nitrogens with zero attached hydrogens (tertiary/aromatic N) is 2. The van der Waals surface area contributed by atoms with Crippen LogP contribution >= 0.6 is 23.2 Å². The Bertz CT molecular complexity index is 1030. The van der Waals surface area contributed by atoms with Crippen molar-refractivity contribution in [3.63, 3.8) is 0 Å².